The fourth-order valence-corrected chi connectivity index (χ4v) is 2.91. The van der Waals surface area contributed by atoms with Gasteiger partial charge in [0, 0.05) is 15.6 Å². The number of halogens is 2. The van der Waals surface area contributed by atoms with Crippen LogP contribution in [0.2, 0.25) is 10.0 Å². The Bertz CT molecular complexity index is 821. The highest BCUT2D eigenvalue weighted by molar-refractivity contribution is 6.35. The molecule has 3 rings (SSSR count). The Hall–Kier alpha value is -1.97. The normalized spacial score (nSPS) is 16.6. The molecule has 0 saturated heterocycles. The molecule has 0 fully saturated rings. The van der Waals surface area contributed by atoms with Crippen LogP contribution in [0, 0.1) is 0 Å². The largest absolute Gasteiger partial charge is 0.507 e. The summed E-state index contributed by atoms with van der Waals surface area (Å²) in [6, 6.07) is 12.7. The van der Waals surface area contributed by atoms with Crippen molar-refractivity contribution >= 4 is 34.7 Å². The number of carbonyl (C=O) groups excluding carboxylic acids is 1. The Kier molecular flexibility index (Phi) is 3.86. The number of cyclic esters (lactones) is 1. The first-order chi connectivity index (χ1) is 10.8. The Morgan fingerprint density at radius 2 is 1.61 bits per heavy atom. The van der Waals surface area contributed by atoms with Gasteiger partial charge in [0.05, 0.1) is 0 Å². The van der Waals surface area contributed by atoms with Gasteiger partial charge in [-0.2, -0.15) is 0 Å². The number of aliphatic hydroxyl groups excluding tert-OH is 1. The molecule has 1 aliphatic heterocycles. The fraction of sp³-hybridized carbons (Fsp3) is 0.167. The van der Waals surface area contributed by atoms with Gasteiger partial charge in [-0.1, -0.05) is 47.5 Å². The van der Waals surface area contributed by atoms with E-state index in [1.807, 2.05) is 18.2 Å². The van der Waals surface area contributed by atoms with E-state index in [1.54, 1.807) is 38.1 Å². The lowest BCUT2D eigenvalue weighted by Crippen LogP contribution is -2.22. The highest BCUT2D eigenvalue weighted by Gasteiger charge is 2.41. The van der Waals surface area contributed by atoms with Crippen molar-refractivity contribution in [1.29, 1.82) is 0 Å². The third-order valence-corrected chi connectivity index (χ3v) is 4.34. The molecule has 1 heterocycles. The number of hydrogen-bond donors (Lipinski definition) is 1. The smallest absolute Gasteiger partial charge is 0.343 e. The summed E-state index contributed by atoms with van der Waals surface area (Å²) in [4.78, 5) is 12.0. The topological polar surface area (TPSA) is 46.5 Å². The number of aliphatic hydroxyl groups is 1. The van der Waals surface area contributed by atoms with Gasteiger partial charge in [-0.3, -0.25) is 0 Å². The number of rotatable bonds is 2. The van der Waals surface area contributed by atoms with Crippen LogP contribution in [0.5, 0.6) is 0 Å². The first kappa shape index (κ1) is 15.9. The molecule has 0 atom stereocenters. The van der Waals surface area contributed by atoms with Gasteiger partial charge >= 0.3 is 5.97 Å². The van der Waals surface area contributed by atoms with Crippen LogP contribution in [0.3, 0.4) is 0 Å². The van der Waals surface area contributed by atoms with Crippen LogP contribution in [-0.2, 0) is 9.53 Å². The summed E-state index contributed by atoms with van der Waals surface area (Å²) in [5, 5.41) is 11.3. The first-order valence-corrected chi connectivity index (χ1v) is 7.78. The molecule has 0 aromatic heterocycles. The zero-order valence-electron chi connectivity index (χ0n) is 12.6. The van der Waals surface area contributed by atoms with E-state index in [4.69, 9.17) is 27.9 Å². The molecule has 0 unspecified atom stereocenters. The Morgan fingerprint density at radius 3 is 2.13 bits per heavy atom. The van der Waals surface area contributed by atoms with Crippen LogP contribution in [0.25, 0.3) is 16.7 Å². The van der Waals surface area contributed by atoms with E-state index in [0.717, 1.165) is 11.1 Å². The van der Waals surface area contributed by atoms with E-state index in [0.29, 0.717) is 15.6 Å². The average molecular weight is 349 g/mol. The minimum atomic E-state index is -1.04. The number of carbonyl (C=O) groups is 1. The molecule has 0 radical (unpaired) electrons. The molecule has 0 bridgehead atoms. The van der Waals surface area contributed by atoms with Crippen molar-refractivity contribution in [3.8, 4) is 11.1 Å². The Balaban J connectivity index is 2.06. The van der Waals surface area contributed by atoms with Crippen LogP contribution in [0.1, 0.15) is 19.4 Å². The second kappa shape index (κ2) is 5.59. The van der Waals surface area contributed by atoms with Crippen LogP contribution in [0.4, 0.5) is 0 Å². The lowest BCUT2D eigenvalue weighted by molar-refractivity contribution is -0.143. The van der Waals surface area contributed by atoms with Crippen LogP contribution >= 0.6 is 23.2 Å². The lowest BCUT2D eigenvalue weighted by atomic mass is 9.97. The van der Waals surface area contributed by atoms with Gasteiger partial charge in [0.25, 0.3) is 0 Å². The fourth-order valence-electron chi connectivity index (χ4n) is 2.51. The molecule has 1 aliphatic rings. The predicted octanol–water partition coefficient (Wildman–Crippen LogP) is 5.26. The van der Waals surface area contributed by atoms with E-state index in [9.17, 15) is 9.90 Å². The number of esters is 1. The maximum atomic E-state index is 12.0. The Morgan fingerprint density at radius 1 is 1.00 bits per heavy atom. The minimum Gasteiger partial charge on any atom is -0.507 e. The highest BCUT2D eigenvalue weighted by atomic mass is 35.5. The molecule has 0 saturated carbocycles. The highest BCUT2D eigenvalue weighted by Crippen LogP contribution is 2.39. The monoisotopic (exact) mass is 348 g/mol. The number of hydrogen-bond acceptors (Lipinski definition) is 3. The predicted molar refractivity (Wildman–Crippen MR) is 91.6 cm³/mol. The molecule has 2 aromatic rings. The molecule has 3 nitrogen and oxygen atoms in total. The van der Waals surface area contributed by atoms with Crippen LogP contribution in [0.15, 0.2) is 48.2 Å². The third-order valence-electron chi connectivity index (χ3n) is 3.78. The zero-order valence-corrected chi connectivity index (χ0v) is 14.1. The van der Waals surface area contributed by atoms with Crippen molar-refractivity contribution in [3.63, 3.8) is 0 Å². The lowest BCUT2D eigenvalue weighted by Gasteiger charge is -2.16. The number of ether oxygens (including phenoxy) is 1. The van der Waals surface area contributed by atoms with Crippen molar-refractivity contribution in [2.45, 2.75) is 19.4 Å². The summed E-state index contributed by atoms with van der Waals surface area (Å²) >= 11 is 12.2. The standard InChI is InChI=1S/C18H14Cl2O3/c1-18(2)16(21)15(17(22)23-18)13-8-5-11(9-14(13)20)10-3-6-12(19)7-4-10/h3-9,21H,1-2H3. The summed E-state index contributed by atoms with van der Waals surface area (Å²) in [6.07, 6.45) is 0. The van der Waals surface area contributed by atoms with Crippen molar-refractivity contribution in [1.82, 2.24) is 0 Å². The SMILES string of the molecule is CC1(C)OC(=O)C(c2ccc(-c3ccc(Cl)cc3)cc2Cl)=C1O. The van der Waals surface area contributed by atoms with Crippen LogP contribution in [-0.4, -0.2) is 16.7 Å². The molecular formula is C18H14Cl2O3. The summed E-state index contributed by atoms with van der Waals surface area (Å²) in [7, 11) is 0. The van der Waals surface area contributed by atoms with E-state index in [1.165, 1.54) is 0 Å². The molecule has 1 N–H and O–H groups in total. The number of benzene rings is 2. The Labute approximate surface area is 144 Å². The molecule has 0 spiro atoms. The van der Waals surface area contributed by atoms with Gasteiger partial charge in [-0.05, 0) is 43.2 Å². The summed E-state index contributed by atoms with van der Waals surface area (Å²) in [6.45, 7) is 3.26. The summed E-state index contributed by atoms with van der Waals surface area (Å²) in [5.74, 6) is -0.683. The van der Waals surface area contributed by atoms with E-state index < -0.39 is 11.6 Å². The van der Waals surface area contributed by atoms with Crippen LogP contribution < -0.4 is 0 Å². The maximum Gasteiger partial charge on any atom is 0.343 e. The molecule has 118 valence electrons. The van der Waals surface area contributed by atoms with Gasteiger partial charge in [-0.15, -0.1) is 0 Å². The summed E-state index contributed by atoms with van der Waals surface area (Å²) < 4.78 is 5.17. The van der Waals surface area contributed by atoms with Gasteiger partial charge < -0.3 is 9.84 Å². The van der Waals surface area contributed by atoms with Crippen molar-refractivity contribution in [3.05, 3.63) is 63.8 Å². The minimum absolute atomic E-state index is 0.108. The van der Waals surface area contributed by atoms with Crippen molar-refractivity contribution in [2.75, 3.05) is 0 Å². The molecule has 23 heavy (non-hydrogen) atoms. The van der Waals surface area contributed by atoms with Gasteiger partial charge in [0.2, 0.25) is 0 Å². The van der Waals surface area contributed by atoms with Gasteiger partial charge in [0.1, 0.15) is 5.57 Å². The van der Waals surface area contributed by atoms with E-state index in [-0.39, 0.29) is 11.3 Å². The van der Waals surface area contributed by atoms with Gasteiger partial charge in [0.15, 0.2) is 11.4 Å². The zero-order chi connectivity index (χ0) is 16.8. The quantitative estimate of drug-likeness (QED) is 0.752. The summed E-state index contributed by atoms with van der Waals surface area (Å²) in [5.41, 5.74) is 1.38. The van der Waals surface area contributed by atoms with Crippen molar-refractivity contribution < 1.29 is 14.6 Å². The second-order valence-electron chi connectivity index (χ2n) is 5.82. The van der Waals surface area contributed by atoms with E-state index in [2.05, 4.69) is 0 Å². The van der Waals surface area contributed by atoms with Crippen molar-refractivity contribution in [2.24, 2.45) is 0 Å². The molecule has 0 aliphatic carbocycles. The molecular weight excluding hydrogens is 335 g/mol. The molecule has 2 aromatic carbocycles. The maximum absolute atomic E-state index is 12.0. The second-order valence-corrected chi connectivity index (χ2v) is 6.67. The van der Waals surface area contributed by atoms with Gasteiger partial charge in [-0.25, -0.2) is 4.79 Å². The molecule has 5 heteroatoms. The molecule has 0 amide bonds. The first-order valence-electron chi connectivity index (χ1n) is 7.02. The third kappa shape index (κ3) is 2.82. The average Bonchev–Trinajstić information content (AvgIpc) is 2.69. The van der Waals surface area contributed by atoms with E-state index >= 15 is 0 Å².